The first-order chi connectivity index (χ1) is 13.8. The van der Waals surface area contributed by atoms with Crippen LogP contribution in [0.1, 0.15) is 5.76 Å². The van der Waals surface area contributed by atoms with Crippen LogP contribution in [0, 0.1) is 0 Å². The second-order valence-corrected chi connectivity index (χ2v) is 6.91. The zero-order valence-electron chi connectivity index (χ0n) is 15.9. The molecule has 2 unspecified atom stereocenters. The summed E-state index contributed by atoms with van der Waals surface area (Å²) in [6, 6.07) is 2.04. The Kier molecular flexibility index (Phi) is 7.95. The molecule has 1 aromatic rings. The molecule has 2 aliphatic rings. The van der Waals surface area contributed by atoms with E-state index in [9.17, 15) is 24.3 Å². The maximum Gasteiger partial charge on any atom is 1.00 e. The minimum absolute atomic E-state index is 0. The fraction of sp³-hybridized carbons (Fsp3) is 0.312. The topological polar surface area (TPSA) is 177 Å². The molecule has 0 radical (unpaired) electrons. The van der Waals surface area contributed by atoms with E-state index < -0.39 is 41.0 Å². The predicted molar refractivity (Wildman–Crippen MR) is 94.8 cm³/mol. The van der Waals surface area contributed by atoms with Crippen molar-refractivity contribution in [3.8, 4) is 0 Å². The van der Waals surface area contributed by atoms with Gasteiger partial charge in [0.05, 0.1) is 17.9 Å². The van der Waals surface area contributed by atoms with Crippen LogP contribution in [-0.4, -0.2) is 65.4 Å². The van der Waals surface area contributed by atoms with Gasteiger partial charge in [-0.15, -0.1) is 11.8 Å². The third kappa shape index (κ3) is 4.64. The third-order valence-electron chi connectivity index (χ3n) is 4.07. The van der Waals surface area contributed by atoms with Gasteiger partial charge in [0, 0.05) is 11.3 Å². The van der Waals surface area contributed by atoms with Gasteiger partial charge in [-0.1, -0.05) is 5.16 Å². The van der Waals surface area contributed by atoms with Crippen LogP contribution in [-0.2, 0) is 24.0 Å². The fourth-order valence-electron chi connectivity index (χ4n) is 2.85. The number of nitrogens with zero attached hydrogens (tertiary/aromatic N) is 2. The smallest absolute Gasteiger partial charge is 0.543 e. The van der Waals surface area contributed by atoms with Gasteiger partial charge >= 0.3 is 35.7 Å². The number of carbonyl (C=O) groups is 4. The molecule has 0 bridgehead atoms. The van der Waals surface area contributed by atoms with Crippen molar-refractivity contribution in [1.82, 2.24) is 10.2 Å². The average molecular weight is 446 g/mol. The number of aliphatic carboxylic acids is 1. The predicted octanol–water partition coefficient (Wildman–Crippen LogP) is -4.87. The van der Waals surface area contributed by atoms with Crippen LogP contribution < -0.4 is 45.7 Å². The average Bonchev–Trinajstić information content (AvgIpc) is 3.21. The molecular weight excluding hydrogens is 431 g/mol. The first-order valence-electron chi connectivity index (χ1n) is 8.11. The Labute approximate surface area is 196 Å². The number of ether oxygens (including phenoxy) is 1. The molecule has 14 heteroatoms. The zero-order valence-corrected chi connectivity index (χ0v) is 18.8. The molecule has 2 aliphatic heterocycles. The first kappa shape index (κ1) is 23.8. The van der Waals surface area contributed by atoms with E-state index in [1.54, 1.807) is 6.07 Å². The van der Waals surface area contributed by atoms with Crippen molar-refractivity contribution in [2.75, 3.05) is 19.5 Å². The number of carbonyl (C=O) groups excluding carboxylic acids is 4. The van der Waals surface area contributed by atoms with Crippen molar-refractivity contribution in [2.45, 2.75) is 11.4 Å². The maximum atomic E-state index is 12.5. The van der Waals surface area contributed by atoms with Crippen LogP contribution in [0.5, 0.6) is 0 Å². The van der Waals surface area contributed by atoms with E-state index in [0.717, 1.165) is 4.90 Å². The van der Waals surface area contributed by atoms with E-state index in [2.05, 4.69) is 20.0 Å². The van der Waals surface area contributed by atoms with Crippen molar-refractivity contribution in [2.24, 2.45) is 10.9 Å². The van der Waals surface area contributed by atoms with E-state index in [1.807, 2.05) is 0 Å². The van der Waals surface area contributed by atoms with E-state index in [-0.39, 0.29) is 59.0 Å². The van der Waals surface area contributed by atoms with Gasteiger partial charge in [-0.3, -0.25) is 14.5 Å². The Morgan fingerprint density at radius 1 is 1.47 bits per heavy atom. The molecule has 154 valence electrons. The Hall–Kier alpha value is -2.48. The number of nitrogens with one attached hydrogen (secondary N) is 1. The Morgan fingerprint density at radius 2 is 2.20 bits per heavy atom. The number of thioether (sulfide) groups is 1. The van der Waals surface area contributed by atoms with Gasteiger partial charge in [-0.05, 0) is 12.1 Å². The van der Waals surface area contributed by atoms with Gasteiger partial charge in [-0.2, -0.15) is 0 Å². The molecule has 1 saturated heterocycles. The number of carboxylic acids is 1. The minimum Gasteiger partial charge on any atom is -0.543 e. The van der Waals surface area contributed by atoms with Crippen LogP contribution >= 0.6 is 11.8 Å². The van der Waals surface area contributed by atoms with Crippen LogP contribution in [0.2, 0.25) is 0 Å². The van der Waals surface area contributed by atoms with Gasteiger partial charge in [-0.25, -0.2) is 4.79 Å². The van der Waals surface area contributed by atoms with Gasteiger partial charge in [0.25, 0.3) is 11.8 Å². The number of hydrogen-bond donors (Lipinski definition) is 2. The first-order valence-corrected chi connectivity index (χ1v) is 9.16. The van der Waals surface area contributed by atoms with Gasteiger partial charge in [0.2, 0.25) is 5.71 Å². The molecule has 30 heavy (non-hydrogen) atoms. The summed E-state index contributed by atoms with van der Waals surface area (Å²) in [4.78, 5) is 53.0. The van der Waals surface area contributed by atoms with Crippen LogP contribution in [0.3, 0.4) is 0 Å². The normalized spacial score (nSPS) is 20.5. The van der Waals surface area contributed by atoms with Gasteiger partial charge in [0.1, 0.15) is 25.1 Å². The molecule has 2 atom stereocenters. The molecule has 1 aromatic heterocycles. The second-order valence-electron chi connectivity index (χ2n) is 5.81. The molecular formula is C16H15N4NaO8S. The van der Waals surface area contributed by atoms with E-state index in [0.29, 0.717) is 0 Å². The largest absolute Gasteiger partial charge is 1.00 e. The molecule has 0 spiro atoms. The Bertz CT molecular complexity index is 916. The Balaban J connectivity index is 0.00000320. The molecule has 3 amide bonds. The minimum atomic E-state index is -1.60. The number of amides is 3. The summed E-state index contributed by atoms with van der Waals surface area (Å²) in [5, 5.41) is 17.0. The van der Waals surface area contributed by atoms with Crippen molar-refractivity contribution >= 4 is 41.4 Å². The third-order valence-corrected chi connectivity index (χ3v) is 5.41. The summed E-state index contributed by atoms with van der Waals surface area (Å²) in [6.07, 6.45) is 0.262. The molecule has 1 fully saturated rings. The maximum absolute atomic E-state index is 12.5. The quantitative estimate of drug-likeness (QED) is 0.180. The number of hydrogen-bond acceptors (Lipinski definition) is 10. The van der Waals surface area contributed by atoms with Gasteiger partial charge < -0.3 is 34.9 Å². The number of primary amides is 1. The molecule has 3 heterocycles. The molecule has 3 N–H and O–H groups in total. The molecule has 3 rings (SSSR count). The summed E-state index contributed by atoms with van der Waals surface area (Å²) in [5.74, 6) is -2.74. The van der Waals surface area contributed by atoms with Crippen LogP contribution in [0.4, 0.5) is 4.79 Å². The standard InChI is InChI=1S/C16H16N4O8S.Na/c1-26-19-9(8-3-2-4-27-8)12(21)18-10-13(22)20-11(15(23)24)7(5-28-16(17)25)6-29-14(10)20;/h2-4,10,14H,5-6H2,1H3,(H2,17,25)(H,18,21)(H,23,24);/q;+1/p-1/b19-9+;. The number of nitrogens with two attached hydrogens (primary N) is 1. The molecule has 12 nitrogen and oxygen atoms in total. The van der Waals surface area contributed by atoms with Crippen molar-refractivity contribution in [3.05, 3.63) is 35.4 Å². The van der Waals surface area contributed by atoms with Crippen molar-refractivity contribution in [3.63, 3.8) is 0 Å². The van der Waals surface area contributed by atoms with Crippen molar-refractivity contribution in [1.29, 1.82) is 0 Å². The summed E-state index contributed by atoms with van der Waals surface area (Å²) < 4.78 is 9.75. The summed E-state index contributed by atoms with van der Waals surface area (Å²) in [6.45, 7) is -0.387. The van der Waals surface area contributed by atoms with Gasteiger partial charge in [0.15, 0.2) is 5.76 Å². The number of carboxylic acid groups (broad SMARTS) is 1. The van der Waals surface area contributed by atoms with Crippen molar-refractivity contribution < 1.29 is 67.8 Å². The zero-order chi connectivity index (χ0) is 21.1. The van der Waals surface area contributed by atoms with E-state index in [4.69, 9.17) is 10.2 Å². The molecule has 0 saturated carbocycles. The fourth-order valence-corrected chi connectivity index (χ4v) is 4.18. The number of fused-ring (bicyclic) bond motifs is 1. The van der Waals surface area contributed by atoms with Crippen LogP contribution in [0.25, 0.3) is 0 Å². The van der Waals surface area contributed by atoms with Crippen LogP contribution in [0.15, 0.2) is 39.2 Å². The monoisotopic (exact) mass is 446 g/mol. The number of oxime groups is 1. The molecule has 0 aromatic carbocycles. The van der Waals surface area contributed by atoms with E-state index in [1.165, 1.54) is 31.2 Å². The summed E-state index contributed by atoms with van der Waals surface area (Å²) >= 11 is 1.18. The summed E-state index contributed by atoms with van der Waals surface area (Å²) in [5.41, 5.74) is 4.48. The van der Waals surface area contributed by atoms with E-state index >= 15 is 0 Å². The second kappa shape index (κ2) is 10.0. The molecule has 0 aliphatic carbocycles. The Morgan fingerprint density at radius 3 is 2.77 bits per heavy atom. The number of rotatable bonds is 7. The summed E-state index contributed by atoms with van der Waals surface area (Å²) in [7, 11) is 1.25. The number of furan rings is 1. The SMILES string of the molecule is CO/N=C(/C(=O)NC1C(=O)N2C(C(=O)[O-])=C(COC(N)=O)CSC12)c1ccco1.[Na+]. The number of β-lactam (4-membered cyclic amide) rings is 1.